The lowest BCUT2D eigenvalue weighted by atomic mass is 9.92. The Morgan fingerprint density at radius 1 is 1.30 bits per heavy atom. The maximum atomic E-state index is 12.3. The van der Waals surface area contributed by atoms with Gasteiger partial charge in [0.15, 0.2) is 0 Å². The zero-order chi connectivity index (χ0) is 14.7. The predicted molar refractivity (Wildman–Crippen MR) is 77.2 cm³/mol. The van der Waals surface area contributed by atoms with E-state index in [1.165, 1.54) is 4.90 Å². The van der Waals surface area contributed by atoms with Gasteiger partial charge >= 0.3 is 5.97 Å². The van der Waals surface area contributed by atoms with Gasteiger partial charge in [0, 0.05) is 12.3 Å². The number of methoxy groups -OCH3 is 1. The first-order chi connectivity index (χ1) is 9.52. The molecular formula is C16H24NO3+. The molecule has 2 rings (SSSR count). The van der Waals surface area contributed by atoms with Crippen molar-refractivity contribution in [3.05, 3.63) is 29.8 Å². The molecule has 1 fully saturated rings. The van der Waals surface area contributed by atoms with E-state index in [-0.39, 0.29) is 12.1 Å². The van der Waals surface area contributed by atoms with Crippen LogP contribution in [0.5, 0.6) is 5.75 Å². The molecule has 0 aliphatic carbocycles. The molecule has 1 heterocycles. The fourth-order valence-corrected chi connectivity index (χ4v) is 2.80. The van der Waals surface area contributed by atoms with Crippen LogP contribution in [0.2, 0.25) is 0 Å². The van der Waals surface area contributed by atoms with Gasteiger partial charge in [0.25, 0.3) is 0 Å². The van der Waals surface area contributed by atoms with Gasteiger partial charge in [-0.3, -0.25) is 0 Å². The summed E-state index contributed by atoms with van der Waals surface area (Å²) in [5.41, 5.74) is 0.501. The molecular weight excluding hydrogens is 254 g/mol. The number of carbonyl (C=O) groups is 1. The third kappa shape index (κ3) is 3.12. The highest BCUT2D eigenvalue weighted by atomic mass is 16.5. The summed E-state index contributed by atoms with van der Waals surface area (Å²) >= 11 is 0. The zero-order valence-electron chi connectivity index (χ0n) is 12.7. The molecule has 1 aromatic carbocycles. The number of benzene rings is 1. The minimum absolute atomic E-state index is 0.00823. The minimum Gasteiger partial charge on any atom is -0.496 e. The largest absolute Gasteiger partial charge is 0.496 e. The number of ether oxygens (including phenoxy) is 2. The van der Waals surface area contributed by atoms with Crippen molar-refractivity contribution in [3.8, 4) is 5.75 Å². The van der Waals surface area contributed by atoms with Crippen LogP contribution < -0.4 is 9.64 Å². The summed E-state index contributed by atoms with van der Waals surface area (Å²) in [6.45, 7) is 5.38. The van der Waals surface area contributed by atoms with Crippen LogP contribution in [0.25, 0.3) is 0 Å². The van der Waals surface area contributed by atoms with Crippen LogP contribution in [0.1, 0.15) is 30.6 Å². The van der Waals surface area contributed by atoms with Crippen molar-refractivity contribution >= 4 is 5.97 Å². The summed E-state index contributed by atoms with van der Waals surface area (Å²) in [6.07, 6.45) is 0.902. The maximum absolute atomic E-state index is 12.3. The first-order valence-corrected chi connectivity index (χ1v) is 7.19. The average Bonchev–Trinajstić information content (AvgIpc) is 2.44. The van der Waals surface area contributed by atoms with Crippen molar-refractivity contribution in [2.45, 2.75) is 32.4 Å². The van der Waals surface area contributed by atoms with Gasteiger partial charge in [0.2, 0.25) is 0 Å². The highest BCUT2D eigenvalue weighted by molar-refractivity contribution is 5.92. The van der Waals surface area contributed by atoms with E-state index in [2.05, 4.69) is 20.9 Å². The Morgan fingerprint density at radius 2 is 2.00 bits per heavy atom. The number of quaternary nitrogens is 1. The summed E-state index contributed by atoms with van der Waals surface area (Å²) in [5, 5.41) is 0. The second-order valence-electron chi connectivity index (χ2n) is 5.81. The second kappa shape index (κ2) is 6.27. The first-order valence-electron chi connectivity index (χ1n) is 7.19. The van der Waals surface area contributed by atoms with Gasteiger partial charge in [0.1, 0.15) is 17.4 Å². The quantitative estimate of drug-likeness (QED) is 0.844. The van der Waals surface area contributed by atoms with E-state index in [1.807, 2.05) is 12.1 Å². The third-order valence-electron chi connectivity index (χ3n) is 4.29. The lowest BCUT2D eigenvalue weighted by Crippen LogP contribution is -3.14. The van der Waals surface area contributed by atoms with Crippen LogP contribution in [0, 0.1) is 5.92 Å². The molecule has 0 saturated carbocycles. The zero-order valence-corrected chi connectivity index (χ0v) is 12.7. The Morgan fingerprint density at radius 3 is 2.70 bits per heavy atom. The molecule has 20 heavy (non-hydrogen) atoms. The number of likely N-dealkylation sites (tertiary alicyclic amines) is 1. The summed E-state index contributed by atoms with van der Waals surface area (Å²) in [5.74, 6) is 0.660. The Balaban J connectivity index is 2.07. The van der Waals surface area contributed by atoms with E-state index in [1.54, 1.807) is 19.2 Å². The summed E-state index contributed by atoms with van der Waals surface area (Å²) in [6, 6.07) is 7.71. The molecule has 0 aromatic heterocycles. The average molecular weight is 278 g/mol. The molecule has 0 bridgehead atoms. The number of esters is 1. The standard InChI is InChI=1S/C16H23NO3/c1-11-10-17(3)12(2)9-15(11)20-16(18)13-7-5-6-8-14(13)19-4/h5-8,11-12,15H,9-10H2,1-4H3/p+1/t11-,12-,15-/m1/s1. The Labute approximate surface area is 120 Å². The third-order valence-corrected chi connectivity index (χ3v) is 4.29. The topological polar surface area (TPSA) is 40.0 Å². The molecule has 1 N–H and O–H groups in total. The molecule has 1 aliphatic rings. The number of hydrogen-bond donors (Lipinski definition) is 1. The van der Waals surface area contributed by atoms with Gasteiger partial charge in [-0.2, -0.15) is 0 Å². The number of carbonyl (C=O) groups excluding carboxylic acids is 1. The van der Waals surface area contributed by atoms with Crippen LogP contribution in [-0.4, -0.2) is 38.8 Å². The van der Waals surface area contributed by atoms with Crippen LogP contribution in [0.3, 0.4) is 0 Å². The van der Waals surface area contributed by atoms with Crippen molar-refractivity contribution in [1.29, 1.82) is 0 Å². The number of rotatable bonds is 3. The molecule has 1 aromatic rings. The molecule has 4 nitrogen and oxygen atoms in total. The monoisotopic (exact) mass is 278 g/mol. The number of hydrogen-bond acceptors (Lipinski definition) is 3. The van der Waals surface area contributed by atoms with Crippen molar-refractivity contribution < 1.29 is 19.2 Å². The normalized spacial score (nSPS) is 29.8. The van der Waals surface area contributed by atoms with E-state index in [0.717, 1.165) is 13.0 Å². The van der Waals surface area contributed by atoms with E-state index in [9.17, 15) is 4.79 Å². The number of nitrogens with one attached hydrogen (secondary N) is 1. The van der Waals surface area contributed by atoms with Crippen LogP contribution in [0.4, 0.5) is 0 Å². The van der Waals surface area contributed by atoms with E-state index in [4.69, 9.17) is 9.47 Å². The lowest BCUT2D eigenvalue weighted by Gasteiger charge is -2.36. The molecule has 4 heteroatoms. The molecule has 0 amide bonds. The number of piperidine rings is 1. The summed E-state index contributed by atoms with van der Waals surface area (Å²) in [7, 11) is 3.76. The van der Waals surface area contributed by atoms with E-state index in [0.29, 0.717) is 23.3 Å². The second-order valence-corrected chi connectivity index (χ2v) is 5.81. The van der Waals surface area contributed by atoms with Crippen molar-refractivity contribution in [1.82, 2.24) is 0 Å². The van der Waals surface area contributed by atoms with Crippen LogP contribution in [0.15, 0.2) is 24.3 Å². The Bertz CT molecular complexity index is 475. The van der Waals surface area contributed by atoms with E-state index < -0.39 is 0 Å². The molecule has 110 valence electrons. The van der Waals surface area contributed by atoms with Crippen LogP contribution in [-0.2, 0) is 4.74 Å². The molecule has 4 atom stereocenters. The summed E-state index contributed by atoms with van der Waals surface area (Å²) < 4.78 is 10.9. The Kier molecular flexibility index (Phi) is 4.65. The highest BCUT2D eigenvalue weighted by Crippen LogP contribution is 2.22. The molecule has 0 spiro atoms. The fraction of sp³-hybridized carbons (Fsp3) is 0.562. The fourth-order valence-electron chi connectivity index (χ4n) is 2.80. The lowest BCUT2D eigenvalue weighted by molar-refractivity contribution is -0.914. The predicted octanol–water partition coefficient (Wildman–Crippen LogP) is 1.16. The molecule has 1 saturated heterocycles. The minimum atomic E-state index is -0.286. The van der Waals surface area contributed by atoms with Gasteiger partial charge in [-0.25, -0.2) is 4.79 Å². The van der Waals surface area contributed by atoms with Crippen molar-refractivity contribution in [3.63, 3.8) is 0 Å². The smallest absolute Gasteiger partial charge is 0.342 e. The Hall–Kier alpha value is -1.55. The van der Waals surface area contributed by atoms with E-state index >= 15 is 0 Å². The van der Waals surface area contributed by atoms with Crippen LogP contribution >= 0.6 is 0 Å². The van der Waals surface area contributed by atoms with Gasteiger partial charge < -0.3 is 14.4 Å². The first kappa shape index (κ1) is 14.9. The highest BCUT2D eigenvalue weighted by Gasteiger charge is 2.35. The SMILES string of the molecule is COc1ccccc1C(=O)O[C@@H]1C[C@@H](C)[NH+](C)C[C@H]1C. The van der Waals surface area contributed by atoms with Gasteiger partial charge in [-0.05, 0) is 19.1 Å². The van der Waals surface area contributed by atoms with Gasteiger partial charge in [-0.1, -0.05) is 19.1 Å². The summed E-state index contributed by atoms with van der Waals surface area (Å²) in [4.78, 5) is 13.8. The molecule has 0 radical (unpaired) electrons. The van der Waals surface area contributed by atoms with Crippen molar-refractivity contribution in [2.75, 3.05) is 20.7 Å². The molecule has 1 unspecified atom stereocenters. The van der Waals surface area contributed by atoms with Gasteiger partial charge in [-0.15, -0.1) is 0 Å². The number of para-hydroxylation sites is 1. The van der Waals surface area contributed by atoms with Gasteiger partial charge in [0.05, 0.1) is 26.7 Å². The maximum Gasteiger partial charge on any atom is 0.342 e. The van der Waals surface area contributed by atoms with Crippen molar-refractivity contribution in [2.24, 2.45) is 5.92 Å². The molecule has 1 aliphatic heterocycles.